The Balaban J connectivity index is 2.19. The molecule has 0 amide bonds. The summed E-state index contributed by atoms with van der Waals surface area (Å²) in [6.07, 6.45) is 9.84. The van der Waals surface area contributed by atoms with Gasteiger partial charge in [-0.2, -0.15) is 0 Å². The van der Waals surface area contributed by atoms with E-state index in [4.69, 9.17) is 0 Å². The van der Waals surface area contributed by atoms with Gasteiger partial charge in [0, 0.05) is 0 Å². The lowest BCUT2D eigenvalue weighted by Crippen LogP contribution is -2.07. The van der Waals surface area contributed by atoms with Crippen LogP contribution in [0.25, 0.3) is 5.57 Å². The zero-order chi connectivity index (χ0) is 12.1. The molecular weight excluding hydrogens is 204 g/mol. The third-order valence-electron chi connectivity index (χ3n) is 3.36. The topological polar surface area (TPSA) is 0 Å². The Morgan fingerprint density at radius 2 is 2.00 bits per heavy atom. The van der Waals surface area contributed by atoms with Crippen LogP contribution in [0.1, 0.15) is 45.1 Å². The first-order valence-corrected chi connectivity index (χ1v) is 6.78. The van der Waals surface area contributed by atoms with Gasteiger partial charge in [0.2, 0.25) is 0 Å². The molecule has 0 nitrogen and oxygen atoms in total. The minimum Gasteiger partial charge on any atom is -0.0775 e. The zero-order valence-electron chi connectivity index (χ0n) is 10.9. The Hall–Kier alpha value is -1.30. The van der Waals surface area contributed by atoms with E-state index >= 15 is 0 Å². The highest BCUT2D eigenvalue weighted by Crippen LogP contribution is 2.36. The molecule has 1 aliphatic rings. The van der Waals surface area contributed by atoms with Gasteiger partial charge < -0.3 is 0 Å². The molecule has 0 heteroatoms. The van der Waals surface area contributed by atoms with E-state index in [1.807, 2.05) is 0 Å². The number of benzene rings is 1. The van der Waals surface area contributed by atoms with Crippen molar-refractivity contribution < 1.29 is 0 Å². The average Bonchev–Trinajstić information content (AvgIpc) is 2.33. The van der Waals surface area contributed by atoms with Crippen molar-refractivity contribution in [2.24, 2.45) is 5.92 Å². The highest BCUT2D eigenvalue weighted by atomic mass is 14.2. The summed E-state index contributed by atoms with van der Waals surface area (Å²) in [6, 6.07) is 10.8. The van der Waals surface area contributed by atoms with E-state index in [9.17, 15) is 0 Å². The van der Waals surface area contributed by atoms with Crippen LogP contribution in [0.4, 0.5) is 0 Å². The Morgan fingerprint density at radius 3 is 2.59 bits per heavy atom. The van der Waals surface area contributed by atoms with Gasteiger partial charge in [0.15, 0.2) is 0 Å². The van der Waals surface area contributed by atoms with Gasteiger partial charge in [-0.1, -0.05) is 69.2 Å². The van der Waals surface area contributed by atoms with Gasteiger partial charge in [-0.15, -0.1) is 0 Å². The molecule has 17 heavy (non-hydrogen) atoms. The largest absolute Gasteiger partial charge is 0.0775 e. The van der Waals surface area contributed by atoms with E-state index in [0.29, 0.717) is 0 Å². The molecule has 0 bridgehead atoms. The number of hydrogen-bond acceptors (Lipinski definition) is 0. The van der Waals surface area contributed by atoms with E-state index in [2.05, 4.69) is 56.3 Å². The van der Waals surface area contributed by atoms with Crippen LogP contribution >= 0.6 is 0 Å². The maximum absolute atomic E-state index is 2.43. The van der Waals surface area contributed by atoms with Crippen molar-refractivity contribution in [1.82, 2.24) is 0 Å². The molecule has 2 rings (SSSR count). The van der Waals surface area contributed by atoms with Crippen molar-refractivity contribution in [1.29, 1.82) is 0 Å². The van der Waals surface area contributed by atoms with E-state index in [-0.39, 0.29) is 0 Å². The molecule has 0 aliphatic heterocycles. The third-order valence-corrected chi connectivity index (χ3v) is 3.36. The maximum Gasteiger partial charge on any atom is -0.0185 e. The summed E-state index contributed by atoms with van der Waals surface area (Å²) in [7, 11) is 0. The summed E-state index contributed by atoms with van der Waals surface area (Å²) in [4.78, 5) is 0. The lowest BCUT2D eigenvalue weighted by atomic mass is 9.80. The van der Waals surface area contributed by atoms with Crippen LogP contribution in [-0.4, -0.2) is 0 Å². The van der Waals surface area contributed by atoms with Crippen molar-refractivity contribution in [2.75, 3.05) is 0 Å². The molecule has 0 saturated carbocycles. The Morgan fingerprint density at radius 1 is 1.29 bits per heavy atom. The maximum atomic E-state index is 2.43. The van der Waals surface area contributed by atoms with Crippen molar-refractivity contribution >= 4 is 5.57 Å². The number of allylic oxidation sites excluding steroid dienone is 4. The van der Waals surface area contributed by atoms with Gasteiger partial charge in [0.25, 0.3) is 0 Å². The molecule has 1 aromatic carbocycles. The fraction of sp³-hybridized carbons (Fsp3) is 0.412. The molecule has 0 fully saturated rings. The third kappa shape index (κ3) is 3.09. The minimum absolute atomic E-state index is 0.767. The number of hydrogen-bond donors (Lipinski definition) is 0. The predicted molar refractivity (Wildman–Crippen MR) is 75.8 cm³/mol. The molecule has 0 N–H and O–H groups in total. The van der Waals surface area contributed by atoms with Crippen molar-refractivity contribution in [2.45, 2.75) is 39.5 Å². The van der Waals surface area contributed by atoms with Crippen LogP contribution < -0.4 is 0 Å². The van der Waals surface area contributed by atoms with Crippen LogP contribution in [0.5, 0.6) is 0 Å². The lowest BCUT2D eigenvalue weighted by molar-refractivity contribution is 0.656. The molecule has 1 unspecified atom stereocenters. The fourth-order valence-corrected chi connectivity index (χ4v) is 2.36. The molecule has 1 atom stereocenters. The number of unbranched alkanes of at least 4 members (excludes halogenated alkanes) is 2. The summed E-state index contributed by atoms with van der Waals surface area (Å²) in [5, 5.41) is 0. The second kappa shape index (κ2) is 5.86. The Bertz CT molecular complexity index is 409. The van der Waals surface area contributed by atoms with Crippen LogP contribution in [-0.2, 0) is 0 Å². The van der Waals surface area contributed by atoms with Gasteiger partial charge in [-0.25, -0.2) is 0 Å². The highest BCUT2D eigenvalue weighted by Gasteiger charge is 2.18. The predicted octanol–water partition coefficient (Wildman–Crippen LogP) is 5.23. The van der Waals surface area contributed by atoms with E-state index in [1.165, 1.54) is 36.8 Å². The van der Waals surface area contributed by atoms with E-state index in [1.54, 1.807) is 5.57 Å². The first-order valence-electron chi connectivity index (χ1n) is 6.78. The molecule has 0 radical (unpaired) electrons. The van der Waals surface area contributed by atoms with Gasteiger partial charge in [0.1, 0.15) is 0 Å². The zero-order valence-corrected chi connectivity index (χ0v) is 10.9. The van der Waals surface area contributed by atoms with Crippen LogP contribution in [0, 0.1) is 5.92 Å². The quantitative estimate of drug-likeness (QED) is 0.603. The van der Waals surface area contributed by atoms with Gasteiger partial charge in [-0.3, -0.25) is 0 Å². The van der Waals surface area contributed by atoms with Crippen LogP contribution in [0.3, 0.4) is 0 Å². The fourth-order valence-electron chi connectivity index (χ4n) is 2.36. The first kappa shape index (κ1) is 12.2. The second-order valence-corrected chi connectivity index (χ2v) is 5.00. The summed E-state index contributed by atoms with van der Waals surface area (Å²) in [6.45, 7) is 4.54. The van der Waals surface area contributed by atoms with Gasteiger partial charge in [0.05, 0.1) is 0 Å². The lowest BCUT2D eigenvalue weighted by Gasteiger charge is -2.24. The highest BCUT2D eigenvalue weighted by molar-refractivity contribution is 5.80. The standard InChI is InChI=1S/C17H22/c1-3-4-6-11-17(16-12-14(2)13-16)15-9-7-5-8-10-15/h5,7-12,14H,3-4,6,13H2,1-2H3/b17-11+. The van der Waals surface area contributed by atoms with Crippen LogP contribution in [0.15, 0.2) is 48.1 Å². The first-order chi connectivity index (χ1) is 8.31. The summed E-state index contributed by atoms with van der Waals surface area (Å²) in [5.74, 6) is 0.767. The van der Waals surface area contributed by atoms with Crippen molar-refractivity contribution in [3.8, 4) is 0 Å². The van der Waals surface area contributed by atoms with Gasteiger partial charge >= 0.3 is 0 Å². The second-order valence-electron chi connectivity index (χ2n) is 5.00. The summed E-state index contributed by atoms with van der Waals surface area (Å²) < 4.78 is 0. The smallest absolute Gasteiger partial charge is 0.0185 e. The summed E-state index contributed by atoms with van der Waals surface area (Å²) >= 11 is 0. The average molecular weight is 226 g/mol. The van der Waals surface area contributed by atoms with Crippen molar-refractivity contribution in [3.05, 3.63) is 53.6 Å². The molecular formula is C17H22. The van der Waals surface area contributed by atoms with E-state index in [0.717, 1.165) is 5.92 Å². The SMILES string of the molecule is CCCC/C=C(/C1=CC(C)C1)c1ccccc1. The molecule has 1 aromatic rings. The van der Waals surface area contributed by atoms with Crippen molar-refractivity contribution in [3.63, 3.8) is 0 Å². The normalized spacial score (nSPS) is 19.8. The Kier molecular flexibility index (Phi) is 4.19. The van der Waals surface area contributed by atoms with Gasteiger partial charge in [-0.05, 0) is 35.5 Å². The monoisotopic (exact) mass is 226 g/mol. The minimum atomic E-state index is 0.767. The molecule has 0 saturated heterocycles. The molecule has 0 heterocycles. The van der Waals surface area contributed by atoms with E-state index < -0.39 is 0 Å². The molecule has 0 aromatic heterocycles. The molecule has 0 spiro atoms. The van der Waals surface area contributed by atoms with Crippen LogP contribution in [0.2, 0.25) is 0 Å². The molecule has 90 valence electrons. The number of rotatable bonds is 5. The Labute approximate surface area is 105 Å². The molecule has 1 aliphatic carbocycles. The summed E-state index contributed by atoms with van der Waals surface area (Å²) in [5.41, 5.74) is 4.39.